The molecule has 132 valence electrons. The maximum Gasteiger partial charge on any atom is 0.230 e. The van der Waals surface area contributed by atoms with Crippen LogP contribution in [0.25, 0.3) is 0 Å². The molecule has 3 rings (SSSR count). The fourth-order valence-corrected chi connectivity index (χ4v) is 3.14. The number of amides is 1. The lowest BCUT2D eigenvalue weighted by atomic mass is 10.3. The number of hydrogen-bond donors (Lipinski definition) is 1. The van der Waals surface area contributed by atoms with Gasteiger partial charge in [-0.1, -0.05) is 41.6 Å². The van der Waals surface area contributed by atoms with Crippen LogP contribution in [0, 0.1) is 0 Å². The van der Waals surface area contributed by atoms with Gasteiger partial charge in [0.2, 0.25) is 5.91 Å². The molecular formula is C17H19ClN4O2S. The van der Waals surface area contributed by atoms with E-state index in [2.05, 4.69) is 22.1 Å². The second-order valence-corrected chi connectivity index (χ2v) is 7.00. The third-order valence-corrected chi connectivity index (χ3v) is 4.85. The summed E-state index contributed by atoms with van der Waals surface area (Å²) < 4.78 is 7.62. The lowest BCUT2D eigenvalue weighted by Crippen LogP contribution is -2.27. The molecule has 6 nitrogen and oxygen atoms in total. The van der Waals surface area contributed by atoms with Gasteiger partial charge < -0.3 is 10.1 Å². The first-order chi connectivity index (χ1) is 12.2. The smallest absolute Gasteiger partial charge is 0.230 e. The summed E-state index contributed by atoms with van der Waals surface area (Å²) in [5.41, 5.74) is 0. The molecule has 1 amide bonds. The Morgan fingerprint density at radius 2 is 2.24 bits per heavy atom. The summed E-state index contributed by atoms with van der Waals surface area (Å²) in [6.45, 7) is 4.54. The van der Waals surface area contributed by atoms with Gasteiger partial charge in [0.05, 0.1) is 10.8 Å². The zero-order valence-corrected chi connectivity index (χ0v) is 15.2. The lowest BCUT2D eigenvalue weighted by Gasteiger charge is -2.10. The van der Waals surface area contributed by atoms with Crippen molar-refractivity contribution in [2.24, 2.45) is 0 Å². The van der Waals surface area contributed by atoms with E-state index in [9.17, 15) is 4.79 Å². The van der Waals surface area contributed by atoms with Crippen LogP contribution in [0.1, 0.15) is 18.7 Å². The van der Waals surface area contributed by atoms with Gasteiger partial charge in [0.15, 0.2) is 11.0 Å². The van der Waals surface area contributed by atoms with E-state index in [1.165, 1.54) is 11.8 Å². The minimum atomic E-state index is 0.0227. The number of ether oxygens (including phenoxy) is 1. The number of rotatable bonds is 9. The SMILES string of the molecule is C=CCn1c(COc2ccccc2Cl)nnc1SCC(=O)NC1CC1. The van der Waals surface area contributed by atoms with Gasteiger partial charge in [-0.3, -0.25) is 9.36 Å². The van der Waals surface area contributed by atoms with Crippen molar-refractivity contribution in [2.75, 3.05) is 5.75 Å². The molecule has 1 saturated carbocycles. The van der Waals surface area contributed by atoms with Crippen molar-refractivity contribution < 1.29 is 9.53 Å². The Hall–Kier alpha value is -1.99. The van der Waals surface area contributed by atoms with Crippen LogP contribution < -0.4 is 10.1 Å². The number of aromatic nitrogens is 3. The minimum absolute atomic E-state index is 0.0227. The van der Waals surface area contributed by atoms with Crippen LogP contribution >= 0.6 is 23.4 Å². The van der Waals surface area contributed by atoms with E-state index in [1.54, 1.807) is 18.2 Å². The molecule has 0 saturated heterocycles. The second-order valence-electron chi connectivity index (χ2n) is 5.65. The van der Waals surface area contributed by atoms with Crippen LogP contribution in [0.15, 0.2) is 42.1 Å². The Morgan fingerprint density at radius 1 is 1.44 bits per heavy atom. The van der Waals surface area contributed by atoms with E-state index in [0.29, 0.717) is 40.1 Å². The quantitative estimate of drug-likeness (QED) is 0.536. The molecule has 1 heterocycles. The predicted octanol–water partition coefficient (Wildman–Crippen LogP) is 3.07. The van der Waals surface area contributed by atoms with Gasteiger partial charge in [0, 0.05) is 12.6 Å². The molecule has 1 fully saturated rings. The van der Waals surface area contributed by atoms with E-state index < -0.39 is 0 Å². The highest BCUT2D eigenvalue weighted by atomic mass is 35.5. The van der Waals surface area contributed by atoms with E-state index in [-0.39, 0.29) is 12.5 Å². The van der Waals surface area contributed by atoms with Crippen LogP contribution in [0.2, 0.25) is 5.02 Å². The van der Waals surface area contributed by atoms with Gasteiger partial charge in [-0.2, -0.15) is 0 Å². The molecule has 1 aromatic carbocycles. The van der Waals surface area contributed by atoms with Gasteiger partial charge >= 0.3 is 0 Å². The maximum atomic E-state index is 11.8. The molecule has 8 heteroatoms. The highest BCUT2D eigenvalue weighted by Crippen LogP contribution is 2.25. The van der Waals surface area contributed by atoms with Crippen molar-refractivity contribution in [3.8, 4) is 5.75 Å². The van der Waals surface area contributed by atoms with Gasteiger partial charge in [-0.05, 0) is 25.0 Å². The summed E-state index contributed by atoms with van der Waals surface area (Å²) in [6, 6.07) is 7.63. The number of carbonyl (C=O) groups excluding carboxylic acids is 1. The number of halogens is 1. The number of nitrogens with zero attached hydrogens (tertiary/aromatic N) is 3. The Kier molecular flexibility index (Phi) is 5.99. The maximum absolute atomic E-state index is 11.8. The molecule has 0 radical (unpaired) electrons. The van der Waals surface area contributed by atoms with Crippen molar-refractivity contribution in [1.82, 2.24) is 20.1 Å². The Balaban J connectivity index is 1.62. The molecule has 1 aliphatic rings. The van der Waals surface area contributed by atoms with Gasteiger partial charge in [0.1, 0.15) is 12.4 Å². The molecule has 25 heavy (non-hydrogen) atoms. The summed E-state index contributed by atoms with van der Waals surface area (Å²) in [7, 11) is 0. The highest BCUT2D eigenvalue weighted by molar-refractivity contribution is 7.99. The van der Waals surface area contributed by atoms with E-state index in [1.807, 2.05) is 16.7 Å². The predicted molar refractivity (Wildman–Crippen MR) is 97.9 cm³/mol. The molecule has 0 atom stereocenters. The Morgan fingerprint density at radius 3 is 2.96 bits per heavy atom. The lowest BCUT2D eigenvalue weighted by molar-refractivity contribution is -0.118. The van der Waals surface area contributed by atoms with Gasteiger partial charge in [-0.25, -0.2) is 0 Å². The molecule has 0 aliphatic heterocycles. The fourth-order valence-electron chi connectivity index (χ4n) is 2.18. The third kappa shape index (κ3) is 4.99. The molecule has 0 unspecified atom stereocenters. The van der Waals surface area contributed by atoms with Crippen LogP contribution in [0.3, 0.4) is 0 Å². The molecule has 0 bridgehead atoms. The minimum Gasteiger partial charge on any atom is -0.484 e. The molecular weight excluding hydrogens is 360 g/mol. The largest absolute Gasteiger partial charge is 0.484 e. The molecule has 1 N–H and O–H groups in total. The average molecular weight is 379 g/mol. The van der Waals surface area contributed by atoms with Gasteiger partial charge in [0.25, 0.3) is 0 Å². The first kappa shape index (κ1) is 17.8. The van der Waals surface area contributed by atoms with E-state index >= 15 is 0 Å². The van der Waals surface area contributed by atoms with Crippen molar-refractivity contribution >= 4 is 29.3 Å². The monoisotopic (exact) mass is 378 g/mol. The van der Waals surface area contributed by atoms with Crippen molar-refractivity contribution in [3.05, 3.63) is 47.8 Å². The van der Waals surface area contributed by atoms with Crippen LogP contribution in [-0.2, 0) is 17.9 Å². The summed E-state index contributed by atoms with van der Waals surface area (Å²) >= 11 is 7.45. The first-order valence-corrected chi connectivity index (χ1v) is 9.36. The molecule has 0 spiro atoms. The number of benzene rings is 1. The van der Waals surface area contributed by atoms with E-state index in [4.69, 9.17) is 16.3 Å². The Labute approximate surface area is 155 Å². The summed E-state index contributed by atoms with van der Waals surface area (Å²) in [5, 5.41) is 12.5. The third-order valence-electron chi connectivity index (χ3n) is 3.57. The number of hydrogen-bond acceptors (Lipinski definition) is 5. The zero-order valence-electron chi connectivity index (χ0n) is 13.7. The molecule has 1 aliphatic carbocycles. The summed E-state index contributed by atoms with van der Waals surface area (Å²) in [4.78, 5) is 11.8. The normalized spacial score (nSPS) is 13.5. The topological polar surface area (TPSA) is 69.0 Å². The van der Waals surface area contributed by atoms with Crippen molar-refractivity contribution in [3.63, 3.8) is 0 Å². The van der Waals surface area contributed by atoms with Crippen LogP contribution in [-0.4, -0.2) is 32.5 Å². The van der Waals surface area contributed by atoms with Crippen LogP contribution in [0.4, 0.5) is 0 Å². The van der Waals surface area contributed by atoms with Crippen molar-refractivity contribution in [2.45, 2.75) is 37.2 Å². The second kappa shape index (κ2) is 8.40. The number of para-hydroxylation sites is 1. The van der Waals surface area contributed by atoms with Crippen molar-refractivity contribution in [1.29, 1.82) is 0 Å². The highest BCUT2D eigenvalue weighted by Gasteiger charge is 2.23. The van der Waals surface area contributed by atoms with E-state index in [0.717, 1.165) is 12.8 Å². The Bertz CT molecular complexity index is 761. The number of carbonyl (C=O) groups is 1. The average Bonchev–Trinajstić information content (AvgIpc) is 3.33. The first-order valence-electron chi connectivity index (χ1n) is 8.00. The summed E-state index contributed by atoms with van der Waals surface area (Å²) in [6.07, 6.45) is 3.91. The number of allylic oxidation sites excluding steroid dienone is 1. The summed E-state index contributed by atoms with van der Waals surface area (Å²) in [5.74, 6) is 1.59. The molecule has 1 aromatic heterocycles. The fraction of sp³-hybridized carbons (Fsp3) is 0.353. The molecule has 2 aromatic rings. The standard InChI is InChI=1S/C17H19ClN4O2S/c1-2-9-22-15(10-24-14-6-4-3-5-13(14)18)20-21-17(22)25-11-16(23)19-12-7-8-12/h2-6,12H,1,7-11H2,(H,19,23). The number of thioether (sulfide) groups is 1. The number of nitrogens with one attached hydrogen (secondary N) is 1. The van der Waals surface area contributed by atoms with Gasteiger partial charge in [-0.15, -0.1) is 16.8 Å². The van der Waals surface area contributed by atoms with Crippen LogP contribution in [0.5, 0.6) is 5.75 Å². The zero-order chi connectivity index (χ0) is 17.6.